The Balaban J connectivity index is 1.73. The third kappa shape index (κ3) is 6.44. The zero-order chi connectivity index (χ0) is 32.3. The monoisotopic (exact) mass is 619 g/mol. The highest BCUT2D eigenvalue weighted by atomic mass is 19.4. The molecule has 0 aliphatic carbocycles. The molecular weight excluding hydrogens is 591 g/mol. The van der Waals surface area contributed by atoms with Crippen molar-refractivity contribution in [1.29, 1.82) is 0 Å². The number of ether oxygens (including phenoxy) is 2. The largest absolute Gasteiger partial charge is 0.468 e. The summed E-state index contributed by atoms with van der Waals surface area (Å²) in [5, 5.41) is 3.02. The molecule has 1 aliphatic rings. The number of halogens is 3. The first kappa shape index (κ1) is 31.0. The first-order valence-corrected chi connectivity index (χ1v) is 13.8. The molecule has 12 heteroatoms. The molecule has 2 heterocycles. The van der Waals surface area contributed by atoms with Gasteiger partial charge in [0.2, 0.25) is 0 Å². The van der Waals surface area contributed by atoms with Gasteiger partial charge in [-0.1, -0.05) is 72.8 Å². The van der Waals surface area contributed by atoms with Gasteiger partial charge in [0.05, 0.1) is 36.3 Å². The summed E-state index contributed by atoms with van der Waals surface area (Å²) in [6, 6.07) is 21.8. The number of rotatable bonds is 8. The van der Waals surface area contributed by atoms with E-state index in [1.807, 2.05) is 0 Å². The summed E-state index contributed by atoms with van der Waals surface area (Å²) >= 11 is 0. The van der Waals surface area contributed by atoms with Gasteiger partial charge in [-0.25, -0.2) is 14.2 Å². The normalized spacial score (nSPS) is 14.4. The fraction of sp³-hybridized carbons (Fsp3) is 0.212. The fourth-order valence-corrected chi connectivity index (χ4v) is 5.24. The van der Waals surface area contributed by atoms with E-state index < -0.39 is 47.4 Å². The topological polar surface area (TPSA) is 109 Å². The van der Waals surface area contributed by atoms with E-state index in [-0.39, 0.29) is 41.4 Å². The van der Waals surface area contributed by atoms with Crippen LogP contribution in [0.15, 0.2) is 106 Å². The Kier molecular flexibility index (Phi) is 8.75. The van der Waals surface area contributed by atoms with Crippen LogP contribution in [0.1, 0.15) is 40.7 Å². The summed E-state index contributed by atoms with van der Waals surface area (Å²) in [5.74, 6) is -2.91. The van der Waals surface area contributed by atoms with Crippen molar-refractivity contribution in [2.75, 3.05) is 12.4 Å². The lowest BCUT2D eigenvalue weighted by atomic mass is 9.82. The number of aromatic nitrogens is 2. The molecule has 1 aliphatic heterocycles. The summed E-state index contributed by atoms with van der Waals surface area (Å²) in [4.78, 5) is 53.9. The van der Waals surface area contributed by atoms with Gasteiger partial charge in [-0.3, -0.25) is 14.2 Å². The number of nitrogens with zero attached hydrogens (tertiary/aromatic N) is 2. The molecule has 0 saturated heterocycles. The van der Waals surface area contributed by atoms with Crippen LogP contribution in [0.4, 0.5) is 19.0 Å². The van der Waals surface area contributed by atoms with Crippen LogP contribution < -0.4 is 16.6 Å². The molecular formula is C33H28F3N3O6. The van der Waals surface area contributed by atoms with Gasteiger partial charge in [0.25, 0.3) is 5.56 Å². The van der Waals surface area contributed by atoms with Gasteiger partial charge in [0.15, 0.2) is 0 Å². The Morgan fingerprint density at radius 1 is 0.867 bits per heavy atom. The number of carbonyl (C=O) groups is 2. The van der Waals surface area contributed by atoms with Gasteiger partial charge < -0.3 is 14.8 Å². The Morgan fingerprint density at radius 2 is 1.47 bits per heavy atom. The summed E-state index contributed by atoms with van der Waals surface area (Å²) in [5.41, 5.74) is -1.04. The minimum Gasteiger partial charge on any atom is -0.468 e. The highest BCUT2D eigenvalue weighted by Crippen LogP contribution is 2.41. The lowest BCUT2D eigenvalue weighted by molar-refractivity contribution is -0.142. The van der Waals surface area contributed by atoms with Crippen molar-refractivity contribution in [3.8, 4) is 0 Å². The van der Waals surface area contributed by atoms with Gasteiger partial charge in [0, 0.05) is 5.70 Å². The minimum absolute atomic E-state index is 0.0305. The molecule has 1 atom stereocenters. The Labute approximate surface area is 255 Å². The van der Waals surface area contributed by atoms with E-state index in [4.69, 9.17) is 9.47 Å². The number of fused-ring (bicyclic) bond motifs is 1. The maximum Gasteiger partial charge on any atom is 0.416 e. The van der Waals surface area contributed by atoms with Crippen LogP contribution in [-0.2, 0) is 44.9 Å². The number of anilines is 1. The number of alkyl halides is 3. The molecule has 232 valence electrons. The van der Waals surface area contributed by atoms with Crippen LogP contribution in [-0.4, -0.2) is 28.2 Å². The molecule has 1 aromatic heterocycles. The second kappa shape index (κ2) is 12.7. The zero-order valence-electron chi connectivity index (χ0n) is 24.3. The number of hydrogen-bond acceptors (Lipinski definition) is 7. The lowest BCUT2D eigenvalue weighted by Crippen LogP contribution is -2.47. The standard InChI is InChI=1S/C33H28F3N3O6/c1-20-26(31(42)45-19-22-11-7-4-8-12-22)27(23-13-15-24(16-14-23)33(34,35)36)28-29(37-20)38(17-21-9-5-3-6-10-21)32(43)39(30(28)41)18-25(40)44-2/h3-16,27,37H,17-19H2,1-2H3/t27-/m0/s1. The van der Waals surface area contributed by atoms with Crippen molar-refractivity contribution in [2.24, 2.45) is 0 Å². The van der Waals surface area contributed by atoms with Crippen LogP contribution in [0.5, 0.6) is 0 Å². The number of hydrogen-bond donors (Lipinski definition) is 1. The van der Waals surface area contributed by atoms with Crippen molar-refractivity contribution in [3.05, 3.63) is 145 Å². The highest BCUT2D eigenvalue weighted by molar-refractivity contribution is 5.94. The van der Waals surface area contributed by atoms with Crippen molar-refractivity contribution < 1.29 is 32.2 Å². The Morgan fingerprint density at radius 3 is 2.04 bits per heavy atom. The highest BCUT2D eigenvalue weighted by Gasteiger charge is 2.39. The van der Waals surface area contributed by atoms with Gasteiger partial charge in [0.1, 0.15) is 19.0 Å². The molecule has 0 bridgehead atoms. The minimum atomic E-state index is -4.63. The molecule has 0 amide bonds. The summed E-state index contributed by atoms with van der Waals surface area (Å²) in [6.45, 7) is 0.684. The predicted octanol–water partition coefficient (Wildman–Crippen LogP) is 4.82. The average molecular weight is 620 g/mol. The van der Waals surface area contributed by atoms with Crippen LogP contribution in [0.3, 0.4) is 0 Å². The van der Waals surface area contributed by atoms with Crippen LogP contribution in [0.2, 0.25) is 0 Å². The number of methoxy groups -OCH3 is 1. The second-order valence-corrected chi connectivity index (χ2v) is 10.4. The quantitative estimate of drug-likeness (QED) is 0.282. The van der Waals surface area contributed by atoms with Crippen LogP contribution in [0, 0.1) is 0 Å². The first-order valence-electron chi connectivity index (χ1n) is 13.8. The SMILES string of the molecule is COC(=O)Cn1c(=O)c2c(n(Cc3ccccc3)c1=O)NC(C)=C(C(=O)OCc1ccccc1)[C@@H]2c1ccc(C(F)(F)F)cc1. The number of allylic oxidation sites excluding steroid dienone is 1. The molecule has 9 nitrogen and oxygen atoms in total. The molecule has 45 heavy (non-hydrogen) atoms. The molecule has 0 spiro atoms. The number of esters is 2. The molecule has 4 aromatic rings. The van der Waals surface area contributed by atoms with Crippen molar-refractivity contribution in [3.63, 3.8) is 0 Å². The summed E-state index contributed by atoms with van der Waals surface area (Å²) < 4.78 is 52.7. The molecule has 0 saturated carbocycles. The van der Waals surface area contributed by atoms with Gasteiger partial charge in [-0.2, -0.15) is 13.2 Å². The maximum absolute atomic E-state index is 14.1. The molecule has 0 unspecified atom stereocenters. The smallest absolute Gasteiger partial charge is 0.416 e. The van der Waals surface area contributed by atoms with E-state index in [9.17, 15) is 32.3 Å². The van der Waals surface area contributed by atoms with E-state index >= 15 is 0 Å². The van der Waals surface area contributed by atoms with Crippen LogP contribution in [0.25, 0.3) is 0 Å². The fourth-order valence-electron chi connectivity index (χ4n) is 5.24. The Hall–Kier alpha value is -5.39. The lowest BCUT2D eigenvalue weighted by Gasteiger charge is -2.32. The summed E-state index contributed by atoms with van der Waals surface area (Å²) in [7, 11) is 1.10. The van der Waals surface area contributed by atoms with E-state index in [0.717, 1.165) is 19.2 Å². The van der Waals surface area contributed by atoms with Gasteiger partial charge in [-0.05, 0) is 35.7 Å². The third-order valence-corrected chi connectivity index (χ3v) is 7.45. The molecule has 3 aromatic carbocycles. The van der Waals surface area contributed by atoms with E-state index in [1.165, 1.54) is 16.7 Å². The number of carbonyl (C=O) groups excluding carboxylic acids is 2. The Bertz CT molecular complexity index is 1880. The second-order valence-electron chi connectivity index (χ2n) is 10.4. The average Bonchev–Trinajstić information content (AvgIpc) is 3.03. The van der Waals surface area contributed by atoms with Crippen molar-refractivity contribution >= 4 is 17.8 Å². The van der Waals surface area contributed by atoms with Crippen molar-refractivity contribution in [1.82, 2.24) is 9.13 Å². The third-order valence-electron chi connectivity index (χ3n) is 7.45. The first-order chi connectivity index (χ1) is 21.5. The predicted molar refractivity (Wildman–Crippen MR) is 158 cm³/mol. The zero-order valence-corrected chi connectivity index (χ0v) is 24.3. The number of benzene rings is 3. The van der Waals surface area contributed by atoms with Crippen molar-refractivity contribution in [2.45, 2.75) is 38.7 Å². The van der Waals surface area contributed by atoms with Crippen LogP contribution >= 0.6 is 0 Å². The van der Waals surface area contributed by atoms with Gasteiger partial charge in [-0.15, -0.1) is 0 Å². The maximum atomic E-state index is 14.1. The molecule has 5 rings (SSSR count). The van der Waals surface area contributed by atoms with E-state index in [0.29, 0.717) is 15.7 Å². The van der Waals surface area contributed by atoms with E-state index in [1.54, 1.807) is 67.6 Å². The molecule has 0 fully saturated rings. The van der Waals surface area contributed by atoms with Gasteiger partial charge >= 0.3 is 23.8 Å². The summed E-state index contributed by atoms with van der Waals surface area (Å²) in [6.07, 6.45) is -4.63. The van der Waals surface area contributed by atoms with E-state index in [2.05, 4.69) is 5.32 Å². The molecule has 0 radical (unpaired) electrons. The molecule has 1 N–H and O–H groups in total. The number of nitrogens with one attached hydrogen (secondary N) is 1.